The Bertz CT molecular complexity index is 776. The summed E-state index contributed by atoms with van der Waals surface area (Å²) in [6.45, 7) is 4.39. The molecule has 1 aliphatic heterocycles. The van der Waals surface area contributed by atoms with Crippen LogP contribution in [-0.4, -0.2) is 25.6 Å². The number of hydrogen-bond acceptors (Lipinski definition) is 2. The van der Waals surface area contributed by atoms with Crippen molar-refractivity contribution in [3.63, 3.8) is 0 Å². The molecule has 4 nitrogen and oxygen atoms in total. The Hall–Kier alpha value is -1.88. The summed E-state index contributed by atoms with van der Waals surface area (Å²) >= 11 is 5.79. The fourth-order valence-corrected chi connectivity index (χ4v) is 4.85. The van der Waals surface area contributed by atoms with E-state index in [0.29, 0.717) is 6.04 Å². The maximum atomic E-state index is 5.79. The highest BCUT2D eigenvalue weighted by Gasteiger charge is 2.44. The van der Waals surface area contributed by atoms with Crippen LogP contribution in [0, 0.1) is 13.8 Å². The first-order chi connectivity index (χ1) is 12.1. The summed E-state index contributed by atoms with van der Waals surface area (Å²) in [5.41, 5.74) is 5.04. The number of nitrogens with one attached hydrogen (secondary N) is 1. The van der Waals surface area contributed by atoms with Crippen molar-refractivity contribution in [1.29, 1.82) is 0 Å². The van der Waals surface area contributed by atoms with E-state index in [1.165, 1.54) is 42.6 Å². The fourth-order valence-electron chi connectivity index (χ4n) is 4.46. The Labute approximate surface area is 155 Å². The second kappa shape index (κ2) is 6.45. The summed E-state index contributed by atoms with van der Waals surface area (Å²) in [4.78, 5) is 7.11. The molecule has 2 aromatic rings. The molecule has 2 aromatic heterocycles. The SMILES string of the molecule is Cc1cc([C@H]2[C@@H](c3ccccn3)NC(=S)N2C2CCCC2)c(C)n1C. The molecule has 25 heavy (non-hydrogen) atoms. The Morgan fingerprint density at radius 1 is 1.20 bits per heavy atom. The van der Waals surface area contributed by atoms with Crippen LogP contribution in [0.15, 0.2) is 30.5 Å². The van der Waals surface area contributed by atoms with E-state index in [4.69, 9.17) is 12.2 Å². The molecule has 132 valence electrons. The lowest BCUT2D eigenvalue weighted by atomic mass is 9.95. The first-order valence-corrected chi connectivity index (χ1v) is 9.61. The van der Waals surface area contributed by atoms with Crippen molar-refractivity contribution >= 4 is 17.3 Å². The van der Waals surface area contributed by atoms with Gasteiger partial charge >= 0.3 is 0 Å². The lowest BCUT2D eigenvalue weighted by molar-refractivity contribution is 0.245. The van der Waals surface area contributed by atoms with Gasteiger partial charge in [-0.05, 0) is 62.7 Å². The second-order valence-electron chi connectivity index (χ2n) is 7.36. The van der Waals surface area contributed by atoms with Gasteiger partial charge < -0.3 is 14.8 Å². The predicted octanol–water partition coefficient (Wildman–Crippen LogP) is 3.95. The van der Waals surface area contributed by atoms with E-state index in [-0.39, 0.29) is 12.1 Å². The normalized spacial score (nSPS) is 24.1. The summed E-state index contributed by atoms with van der Waals surface area (Å²) in [6.07, 6.45) is 6.95. The van der Waals surface area contributed by atoms with Crippen LogP contribution in [0.2, 0.25) is 0 Å². The molecule has 2 fully saturated rings. The zero-order valence-corrected chi connectivity index (χ0v) is 16.0. The molecule has 1 N–H and O–H groups in total. The summed E-state index contributed by atoms with van der Waals surface area (Å²) < 4.78 is 2.28. The van der Waals surface area contributed by atoms with Crippen LogP contribution in [0.5, 0.6) is 0 Å². The molecule has 0 unspecified atom stereocenters. The van der Waals surface area contributed by atoms with E-state index in [1.807, 2.05) is 12.3 Å². The fraction of sp³-hybridized carbons (Fsp3) is 0.500. The third-order valence-corrected chi connectivity index (χ3v) is 6.32. The Morgan fingerprint density at radius 2 is 1.96 bits per heavy atom. The molecule has 0 bridgehead atoms. The zero-order valence-electron chi connectivity index (χ0n) is 15.2. The number of hydrogen-bond donors (Lipinski definition) is 1. The lowest BCUT2D eigenvalue weighted by Gasteiger charge is -2.33. The molecule has 0 aromatic carbocycles. The molecule has 2 atom stereocenters. The highest BCUT2D eigenvalue weighted by molar-refractivity contribution is 7.80. The first kappa shape index (κ1) is 16.6. The molecule has 2 aliphatic rings. The predicted molar refractivity (Wildman–Crippen MR) is 104 cm³/mol. The summed E-state index contributed by atoms with van der Waals surface area (Å²) in [5.74, 6) is 0. The van der Waals surface area contributed by atoms with Crippen LogP contribution < -0.4 is 5.32 Å². The average Bonchev–Trinajstić information content (AvgIpc) is 3.31. The maximum absolute atomic E-state index is 5.79. The smallest absolute Gasteiger partial charge is 0.170 e. The van der Waals surface area contributed by atoms with E-state index in [0.717, 1.165) is 10.8 Å². The van der Waals surface area contributed by atoms with Crippen molar-refractivity contribution in [3.8, 4) is 0 Å². The van der Waals surface area contributed by atoms with E-state index in [2.05, 4.69) is 58.9 Å². The van der Waals surface area contributed by atoms with Crippen molar-refractivity contribution in [1.82, 2.24) is 19.8 Å². The average molecular weight is 355 g/mol. The minimum Gasteiger partial charge on any atom is -0.352 e. The van der Waals surface area contributed by atoms with Gasteiger partial charge in [0, 0.05) is 30.7 Å². The van der Waals surface area contributed by atoms with E-state index >= 15 is 0 Å². The van der Waals surface area contributed by atoms with Gasteiger partial charge in [0.2, 0.25) is 0 Å². The standard InChI is InChI=1S/C20H26N4S/c1-13-12-16(14(2)23(13)3)19-18(17-10-6-7-11-21-17)22-20(25)24(19)15-8-4-5-9-15/h6-7,10-12,15,18-19H,4-5,8-9H2,1-3H3,(H,22,25)/t18-,19+/m1/s1. The first-order valence-electron chi connectivity index (χ1n) is 9.20. The van der Waals surface area contributed by atoms with Crippen molar-refractivity contribution in [2.24, 2.45) is 7.05 Å². The highest BCUT2D eigenvalue weighted by atomic mass is 32.1. The van der Waals surface area contributed by atoms with Crippen molar-refractivity contribution < 1.29 is 0 Å². The van der Waals surface area contributed by atoms with Gasteiger partial charge in [0.1, 0.15) is 0 Å². The van der Waals surface area contributed by atoms with Gasteiger partial charge in [0.05, 0.1) is 17.8 Å². The lowest BCUT2D eigenvalue weighted by Crippen LogP contribution is -2.37. The largest absolute Gasteiger partial charge is 0.352 e. The van der Waals surface area contributed by atoms with Crippen LogP contribution in [0.25, 0.3) is 0 Å². The Morgan fingerprint density at radius 3 is 2.56 bits per heavy atom. The molecule has 4 rings (SSSR count). The molecular weight excluding hydrogens is 328 g/mol. The molecule has 1 aliphatic carbocycles. The number of aryl methyl sites for hydroxylation is 1. The van der Waals surface area contributed by atoms with E-state index < -0.39 is 0 Å². The molecule has 0 radical (unpaired) electrons. The molecule has 1 saturated carbocycles. The van der Waals surface area contributed by atoms with Gasteiger partial charge in [-0.2, -0.15) is 0 Å². The topological polar surface area (TPSA) is 33.1 Å². The monoisotopic (exact) mass is 354 g/mol. The molecule has 0 amide bonds. The van der Waals surface area contributed by atoms with Crippen LogP contribution in [0.1, 0.15) is 60.4 Å². The van der Waals surface area contributed by atoms with Gasteiger partial charge in [0.25, 0.3) is 0 Å². The minimum absolute atomic E-state index is 0.106. The second-order valence-corrected chi connectivity index (χ2v) is 7.74. The molecule has 5 heteroatoms. The molecule has 0 spiro atoms. The quantitative estimate of drug-likeness (QED) is 0.846. The third kappa shape index (κ3) is 2.74. The summed E-state index contributed by atoms with van der Waals surface area (Å²) in [5, 5.41) is 4.47. The number of rotatable bonds is 3. The Kier molecular flexibility index (Phi) is 4.28. The van der Waals surface area contributed by atoms with Gasteiger partial charge in [-0.3, -0.25) is 4.98 Å². The van der Waals surface area contributed by atoms with E-state index in [9.17, 15) is 0 Å². The molecule has 1 saturated heterocycles. The number of nitrogens with zero attached hydrogens (tertiary/aromatic N) is 3. The van der Waals surface area contributed by atoms with Gasteiger partial charge in [-0.1, -0.05) is 18.9 Å². The number of pyridine rings is 1. The number of aromatic nitrogens is 2. The third-order valence-electron chi connectivity index (χ3n) is 5.99. The Balaban J connectivity index is 1.81. The van der Waals surface area contributed by atoms with Gasteiger partial charge in [-0.25, -0.2) is 0 Å². The van der Waals surface area contributed by atoms with Crippen LogP contribution in [-0.2, 0) is 7.05 Å². The summed E-state index contributed by atoms with van der Waals surface area (Å²) in [7, 11) is 2.14. The zero-order chi connectivity index (χ0) is 17.6. The summed E-state index contributed by atoms with van der Waals surface area (Å²) in [6, 6.07) is 9.33. The van der Waals surface area contributed by atoms with Crippen molar-refractivity contribution in [3.05, 3.63) is 53.1 Å². The van der Waals surface area contributed by atoms with E-state index in [1.54, 1.807) is 0 Å². The number of thiocarbonyl (C=S) groups is 1. The van der Waals surface area contributed by atoms with Crippen LogP contribution in [0.3, 0.4) is 0 Å². The highest BCUT2D eigenvalue weighted by Crippen LogP contribution is 2.44. The van der Waals surface area contributed by atoms with Crippen molar-refractivity contribution in [2.75, 3.05) is 0 Å². The van der Waals surface area contributed by atoms with Gasteiger partial charge in [-0.15, -0.1) is 0 Å². The van der Waals surface area contributed by atoms with Crippen LogP contribution >= 0.6 is 12.2 Å². The minimum atomic E-state index is 0.106. The molecular formula is C20H26N4S. The van der Waals surface area contributed by atoms with Crippen molar-refractivity contribution in [2.45, 2.75) is 57.7 Å². The maximum Gasteiger partial charge on any atom is 0.170 e. The van der Waals surface area contributed by atoms with Crippen LogP contribution in [0.4, 0.5) is 0 Å². The van der Waals surface area contributed by atoms with Gasteiger partial charge in [0.15, 0.2) is 5.11 Å². The molecule has 3 heterocycles.